The van der Waals surface area contributed by atoms with Gasteiger partial charge in [0.1, 0.15) is 0 Å². The first-order valence-corrected chi connectivity index (χ1v) is 7.47. The van der Waals surface area contributed by atoms with Crippen molar-refractivity contribution in [3.63, 3.8) is 0 Å². The molecule has 1 aliphatic rings. The summed E-state index contributed by atoms with van der Waals surface area (Å²) in [6, 6.07) is 2.75. The fraction of sp³-hybridized carbons (Fsp3) is 0.462. The van der Waals surface area contributed by atoms with Crippen molar-refractivity contribution in [3.8, 4) is 0 Å². The summed E-state index contributed by atoms with van der Waals surface area (Å²) in [5.74, 6) is 0. The van der Waals surface area contributed by atoms with Crippen LogP contribution in [-0.2, 0) is 20.1 Å². The number of aromatic nitrogens is 2. The molecule has 0 saturated carbocycles. The van der Waals surface area contributed by atoms with Crippen molar-refractivity contribution in [1.82, 2.24) is 14.0 Å². The molecule has 0 spiro atoms. The van der Waals surface area contributed by atoms with Gasteiger partial charge in [0.15, 0.2) is 4.77 Å². The average molecular weight is 279 g/mol. The maximum Gasteiger partial charge on any atom is 0.180 e. The lowest BCUT2D eigenvalue weighted by Gasteiger charge is -2.33. The lowest BCUT2D eigenvalue weighted by Crippen LogP contribution is -2.34. The van der Waals surface area contributed by atoms with Gasteiger partial charge in [-0.25, -0.2) is 0 Å². The molecule has 3 rings (SSSR count). The van der Waals surface area contributed by atoms with Gasteiger partial charge in [-0.2, -0.15) is 0 Å². The number of hydrogen-bond donors (Lipinski definition) is 0. The van der Waals surface area contributed by atoms with Gasteiger partial charge in [0.2, 0.25) is 0 Å². The van der Waals surface area contributed by atoms with Crippen LogP contribution in [0, 0.1) is 4.77 Å². The van der Waals surface area contributed by atoms with Gasteiger partial charge >= 0.3 is 0 Å². The van der Waals surface area contributed by atoms with Crippen molar-refractivity contribution in [2.45, 2.75) is 26.1 Å². The normalized spacial score (nSPS) is 20.0. The molecule has 2 aromatic heterocycles. The number of rotatable bonds is 2. The first kappa shape index (κ1) is 12.1. The maximum absolute atomic E-state index is 5.40. The fourth-order valence-corrected chi connectivity index (χ4v) is 3.71. The number of nitrogens with zero attached hydrogens (tertiary/aromatic N) is 3. The van der Waals surface area contributed by atoms with Gasteiger partial charge < -0.3 is 9.13 Å². The molecule has 5 heteroatoms. The molecule has 0 unspecified atom stereocenters. The third-order valence-corrected chi connectivity index (χ3v) is 5.27. The Morgan fingerprint density at radius 1 is 1.44 bits per heavy atom. The van der Waals surface area contributed by atoms with Crippen LogP contribution in [0.1, 0.15) is 23.4 Å². The van der Waals surface area contributed by atoms with Crippen LogP contribution in [0.3, 0.4) is 0 Å². The molecule has 3 heterocycles. The van der Waals surface area contributed by atoms with Gasteiger partial charge in [-0.1, -0.05) is 0 Å². The molecule has 0 aromatic carbocycles. The Kier molecular flexibility index (Phi) is 3.13. The summed E-state index contributed by atoms with van der Waals surface area (Å²) in [5, 5.41) is 2.21. The highest BCUT2D eigenvalue weighted by molar-refractivity contribution is 7.71. The zero-order chi connectivity index (χ0) is 12.7. The molecule has 0 fully saturated rings. The van der Waals surface area contributed by atoms with Crippen LogP contribution >= 0.6 is 23.6 Å². The molecule has 3 nitrogen and oxygen atoms in total. The van der Waals surface area contributed by atoms with Gasteiger partial charge in [0.05, 0.1) is 6.67 Å². The second-order valence-corrected chi connectivity index (χ2v) is 6.21. The second kappa shape index (κ2) is 4.64. The minimum atomic E-state index is 0.488. The predicted octanol–water partition coefficient (Wildman–Crippen LogP) is 3.19. The second-order valence-electron chi connectivity index (χ2n) is 4.84. The molecule has 0 amide bonds. The van der Waals surface area contributed by atoms with Crippen molar-refractivity contribution in [3.05, 3.63) is 39.1 Å². The number of imidazole rings is 1. The number of hydrogen-bond acceptors (Lipinski definition) is 3. The van der Waals surface area contributed by atoms with Crippen LogP contribution in [-0.4, -0.2) is 20.6 Å². The Bertz CT molecular complexity index is 608. The minimum Gasteiger partial charge on any atom is -0.327 e. The van der Waals surface area contributed by atoms with Gasteiger partial charge in [-0.3, -0.25) is 4.90 Å². The highest BCUT2D eigenvalue weighted by atomic mass is 32.1. The summed E-state index contributed by atoms with van der Waals surface area (Å²) >= 11 is 7.28. The van der Waals surface area contributed by atoms with E-state index in [-0.39, 0.29) is 0 Å². The van der Waals surface area contributed by atoms with E-state index in [4.69, 9.17) is 12.2 Å². The summed E-state index contributed by atoms with van der Waals surface area (Å²) in [6.45, 7) is 4.29. The fourth-order valence-electron chi connectivity index (χ4n) is 2.57. The molecule has 0 radical (unpaired) electrons. The van der Waals surface area contributed by atoms with Crippen LogP contribution in [0.2, 0.25) is 0 Å². The molecule has 96 valence electrons. The van der Waals surface area contributed by atoms with E-state index in [0.717, 1.165) is 24.4 Å². The van der Waals surface area contributed by atoms with E-state index in [1.165, 1.54) is 5.56 Å². The standard InChI is InChI=1S/C13H17N3S2/c1-10-11-4-8-18-12(11)3-5-15(10)9-16-7-6-14(2)13(16)17/h4,6-8,10H,3,5,9H2,1-2H3/t10-/m1/s1. The van der Waals surface area contributed by atoms with E-state index in [2.05, 4.69) is 34.0 Å². The van der Waals surface area contributed by atoms with Crippen molar-refractivity contribution in [2.24, 2.45) is 7.05 Å². The third-order valence-electron chi connectivity index (χ3n) is 3.76. The van der Waals surface area contributed by atoms with E-state index in [1.54, 1.807) is 4.88 Å². The Hall–Kier alpha value is -0.910. The van der Waals surface area contributed by atoms with Crippen molar-refractivity contribution in [1.29, 1.82) is 0 Å². The summed E-state index contributed by atoms with van der Waals surface area (Å²) < 4.78 is 5.02. The van der Waals surface area contributed by atoms with Gasteiger partial charge in [0.25, 0.3) is 0 Å². The van der Waals surface area contributed by atoms with Gasteiger partial charge in [-0.05, 0) is 42.6 Å². The van der Waals surface area contributed by atoms with Crippen molar-refractivity contribution in [2.75, 3.05) is 6.54 Å². The maximum atomic E-state index is 5.40. The summed E-state index contributed by atoms with van der Waals surface area (Å²) in [7, 11) is 2.00. The highest BCUT2D eigenvalue weighted by Crippen LogP contribution is 2.32. The average Bonchev–Trinajstić information content (AvgIpc) is 2.95. The number of fused-ring (bicyclic) bond motifs is 1. The highest BCUT2D eigenvalue weighted by Gasteiger charge is 2.24. The molecule has 2 aromatic rings. The number of aryl methyl sites for hydroxylation is 1. The van der Waals surface area contributed by atoms with E-state index in [9.17, 15) is 0 Å². The van der Waals surface area contributed by atoms with Crippen LogP contribution in [0.25, 0.3) is 0 Å². The van der Waals surface area contributed by atoms with E-state index in [1.807, 2.05) is 29.1 Å². The molecule has 18 heavy (non-hydrogen) atoms. The lowest BCUT2D eigenvalue weighted by atomic mass is 10.0. The summed E-state index contributed by atoms with van der Waals surface area (Å²) in [6.07, 6.45) is 5.25. The van der Waals surface area contributed by atoms with Gasteiger partial charge in [0, 0.05) is 36.9 Å². The van der Waals surface area contributed by atoms with Crippen LogP contribution in [0.15, 0.2) is 23.8 Å². The summed E-state index contributed by atoms with van der Waals surface area (Å²) in [5.41, 5.74) is 1.49. The van der Waals surface area contributed by atoms with Crippen LogP contribution in [0.5, 0.6) is 0 Å². The topological polar surface area (TPSA) is 13.1 Å². The first-order valence-electron chi connectivity index (χ1n) is 6.19. The Balaban J connectivity index is 1.83. The molecular formula is C13H17N3S2. The van der Waals surface area contributed by atoms with Crippen LogP contribution < -0.4 is 0 Å². The molecule has 0 aliphatic carbocycles. The smallest absolute Gasteiger partial charge is 0.180 e. The molecule has 1 atom stereocenters. The van der Waals surface area contributed by atoms with Crippen molar-refractivity contribution >= 4 is 23.6 Å². The monoisotopic (exact) mass is 279 g/mol. The van der Waals surface area contributed by atoms with Crippen molar-refractivity contribution < 1.29 is 0 Å². The largest absolute Gasteiger partial charge is 0.327 e. The Labute approximate surface area is 116 Å². The van der Waals surface area contributed by atoms with Crippen LogP contribution in [0.4, 0.5) is 0 Å². The molecular weight excluding hydrogens is 262 g/mol. The first-order chi connectivity index (χ1) is 8.66. The zero-order valence-electron chi connectivity index (χ0n) is 10.7. The Morgan fingerprint density at radius 2 is 2.28 bits per heavy atom. The Morgan fingerprint density at radius 3 is 3.00 bits per heavy atom. The predicted molar refractivity (Wildman–Crippen MR) is 77.4 cm³/mol. The van der Waals surface area contributed by atoms with E-state index >= 15 is 0 Å². The molecule has 0 bridgehead atoms. The lowest BCUT2D eigenvalue weighted by molar-refractivity contribution is 0.152. The SMILES string of the molecule is C[C@@H]1c2ccsc2CCN1Cn1ccn(C)c1=S. The zero-order valence-corrected chi connectivity index (χ0v) is 12.3. The van der Waals surface area contributed by atoms with E-state index < -0.39 is 0 Å². The molecule has 0 N–H and O–H groups in total. The number of thiophene rings is 1. The summed E-state index contributed by atoms with van der Waals surface area (Å²) in [4.78, 5) is 4.04. The van der Waals surface area contributed by atoms with E-state index in [0.29, 0.717) is 6.04 Å². The molecule has 0 saturated heterocycles. The molecule has 1 aliphatic heterocycles. The van der Waals surface area contributed by atoms with Gasteiger partial charge in [-0.15, -0.1) is 11.3 Å². The minimum absolute atomic E-state index is 0.488. The quantitative estimate of drug-likeness (QED) is 0.783. The third kappa shape index (κ3) is 1.96.